The van der Waals surface area contributed by atoms with Gasteiger partial charge in [-0.15, -0.1) is 11.3 Å². The summed E-state index contributed by atoms with van der Waals surface area (Å²) in [6.45, 7) is 2.55. The summed E-state index contributed by atoms with van der Waals surface area (Å²) in [5.74, 6) is 0.214. The lowest BCUT2D eigenvalue weighted by Crippen LogP contribution is -2.49. The van der Waals surface area contributed by atoms with Gasteiger partial charge in [-0.1, -0.05) is 0 Å². The van der Waals surface area contributed by atoms with Crippen LogP contribution < -0.4 is 5.32 Å². The fourth-order valence-electron chi connectivity index (χ4n) is 2.73. The van der Waals surface area contributed by atoms with Crippen LogP contribution in [-0.2, 0) is 9.53 Å². The molecule has 1 saturated carbocycles. The molecule has 4 nitrogen and oxygen atoms in total. The number of thiophene rings is 1. The number of rotatable bonds is 3. The van der Waals surface area contributed by atoms with Gasteiger partial charge in [-0.2, -0.15) is 0 Å². The van der Waals surface area contributed by atoms with E-state index in [9.17, 15) is 4.79 Å². The van der Waals surface area contributed by atoms with Crippen molar-refractivity contribution in [3.8, 4) is 0 Å². The number of hydrogen-bond acceptors (Lipinski definition) is 4. The minimum Gasteiger partial charge on any atom is -0.381 e. The number of ether oxygens (including phenoxy) is 1. The highest BCUT2D eigenvalue weighted by Crippen LogP contribution is 2.37. The van der Waals surface area contributed by atoms with Crippen LogP contribution in [0.15, 0.2) is 12.1 Å². The number of carbonyl (C=O) groups excluding carboxylic acids is 1. The highest BCUT2D eigenvalue weighted by molar-refractivity contribution is 7.12. The number of methoxy groups -OCH3 is 1. The van der Waals surface area contributed by atoms with E-state index in [-0.39, 0.29) is 12.1 Å². The smallest absolute Gasteiger partial charge is 0.238 e. The van der Waals surface area contributed by atoms with Gasteiger partial charge in [0.2, 0.25) is 5.91 Å². The topological polar surface area (TPSA) is 41.6 Å². The molecule has 0 radical (unpaired) electrons. The molecule has 1 aromatic heterocycles. The van der Waals surface area contributed by atoms with Crippen LogP contribution in [0, 0.1) is 6.92 Å². The predicted octanol–water partition coefficient (Wildman–Crippen LogP) is 1.66. The van der Waals surface area contributed by atoms with Crippen LogP contribution in [0.4, 0.5) is 0 Å². The fourth-order valence-corrected chi connectivity index (χ4v) is 3.68. The first-order valence-electron chi connectivity index (χ1n) is 6.32. The van der Waals surface area contributed by atoms with E-state index in [0.717, 1.165) is 12.8 Å². The molecule has 1 atom stereocenters. The lowest BCUT2D eigenvalue weighted by molar-refractivity contribution is -0.135. The number of hydrogen-bond donors (Lipinski definition) is 1. The Hall–Kier alpha value is -0.910. The van der Waals surface area contributed by atoms with Gasteiger partial charge in [0.1, 0.15) is 6.17 Å². The summed E-state index contributed by atoms with van der Waals surface area (Å²) in [6.07, 6.45) is 2.32. The molecular formula is C13H18N2O2S. The first-order chi connectivity index (χ1) is 8.69. The van der Waals surface area contributed by atoms with Crippen molar-refractivity contribution in [2.24, 2.45) is 0 Å². The first kappa shape index (κ1) is 12.1. The van der Waals surface area contributed by atoms with Gasteiger partial charge in [-0.3, -0.25) is 10.1 Å². The zero-order valence-corrected chi connectivity index (χ0v) is 11.5. The Kier molecular flexibility index (Phi) is 3.13. The summed E-state index contributed by atoms with van der Waals surface area (Å²) in [7, 11) is 1.74. The lowest BCUT2D eigenvalue weighted by Gasteiger charge is -2.42. The molecule has 0 aromatic carbocycles. The van der Waals surface area contributed by atoms with Crippen LogP contribution in [0.5, 0.6) is 0 Å². The second-order valence-electron chi connectivity index (χ2n) is 5.02. The van der Waals surface area contributed by atoms with E-state index in [0.29, 0.717) is 18.7 Å². The van der Waals surface area contributed by atoms with Gasteiger partial charge in [-0.25, -0.2) is 0 Å². The van der Waals surface area contributed by atoms with Crippen molar-refractivity contribution < 1.29 is 9.53 Å². The summed E-state index contributed by atoms with van der Waals surface area (Å²) in [5.41, 5.74) is 0. The van der Waals surface area contributed by atoms with Crippen molar-refractivity contribution in [1.29, 1.82) is 0 Å². The molecule has 5 heteroatoms. The molecule has 1 saturated heterocycles. The molecule has 98 valence electrons. The van der Waals surface area contributed by atoms with Crippen LogP contribution in [0.25, 0.3) is 0 Å². The highest BCUT2D eigenvalue weighted by Gasteiger charge is 2.43. The molecule has 0 spiro atoms. The third-order valence-corrected chi connectivity index (χ3v) is 4.89. The largest absolute Gasteiger partial charge is 0.381 e. The molecule has 1 amide bonds. The van der Waals surface area contributed by atoms with Crippen molar-refractivity contribution in [3.63, 3.8) is 0 Å². The SMILES string of the molecule is COC1CC(N2C(=O)CNC2c2ccc(C)s2)C1. The molecule has 0 bridgehead atoms. The van der Waals surface area contributed by atoms with Gasteiger partial charge in [-0.05, 0) is 31.9 Å². The minimum atomic E-state index is 0.0685. The number of nitrogens with zero attached hydrogens (tertiary/aromatic N) is 1. The summed E-state index contributed by atoms with van der Waals surface area (Å²) < 4.78 is 5.30. The summed E-state index contributed by atoms with van der Waals surface area (Å²) in [5, 5.41) is 3.31. The van der Waals surface area contributed by atoms with E-state index in [1.807, 2.05) is 4.90 Å². The van der Waals surface area contributed by atoms with E-state index in [1.165, 1.54) is 9.75 Å². The molecule has 1 N–H and O–H groups in total. The van der Waals surface area contributed by atoms with Crippen LogP contribution in [0.3, 0.4) is 0 Å². The van der Waals surface area contributed by atoms with Crippen molar-refractivity contribution >= 4 is 17.2 Å². The number of nitrogens with one attached hydrogen (secondary N) is 1. The van der Waals surface area contributed by atoms with Crippen molar-refractivity contribution in [2.75, 3.05) is 13.7 Å². The quantitative estimate of drug-likeness (QED) is 0.905. The highest BCUT2D eigenvalue weighted by atomic mass is 32.1. The maximum Gasteiger partial charge on any atom is 0.238 e. The van der Waals surface area contributed by atoms with E-state index >= 15 is 0 Å². The Bertz CT molecular complexity index is 454. The summed E-state index contributed by atoms with van der Waals surface area (Å²) in [6, 6.07) is 4.57. The van der Waals surface area contributed by atoms with Gasteiger partial charge in [0.15, 0.2) is 0 Å². The van der Waals surface area contributed by atoms with Crippen LogP contribution in [0.2, 0.25) is 0 Å². The first-order valence-corrected chi connectivity index (χ1v) is 7.14. The molecule has 1 unspecified atom stereocenters. The molecule has 2 aliphatic rings. The van der Waals surface area contributed by atoms with Crippen molar-refractivity contribution in [1.82, 2.24) is 10.2 Å². The molecule has 2 fully saturated rings. The number of carbonyl (C=O) groups is 1. The Balaban J connectivity index is 1.76. The number of amides is 1. The van der Waals surface area contributed by atoms with E-state index in [1.54, 1.807) is 18.4 Å². The average Bonchev–Trinajstić information content (AvgIpc) is 2.85. The van der Waals surface area contributed by atoms with Gasteiger partial charge in [0.05, 0.1) is 12.6 Å². The molecule has 18 heavy (non-hydrogen) atoms. The minimum absolute atomic E-state index is 0.0685. The molecule has 1 aromatic rings. The van der Waals surface area contributed by atoms with Crippen LogP contribution in [0.1, 0.15) is 28.8 Å². The zero-order chi connectivity index (χ0) is 12.7. The van der Waals surface area contributed by atoms with Crippen LogP contribution in [-0.4, -0.2) is 36.6 Å². The average molecular weight is 266 g/mol. The van der Waals surface area contributed by atoms with E-state index in [2.05, 4.69) is 24.4 Å². The number of aryl methyl sites for hydroxylation is 1. The fraction of sp³-hybridized carbons (Fsp3) is 0.615. The second-order valence-corrected chi connectivity index (χ2v) is 6.34. The summed E-state index contributed by atoms with van der Waals surface area (Å²) in [4.78, 5) is 16.6. The van der Waals surface area contributed by atoms with Gasteiger partial charge in [0, 0.05) is 22.9 Å². The van der Waals surface area contributed by atoms with E-state index in [4.69, 9.17) is 4.74 Å². The second kappa shape index (κ2) is 4.64. The Labute approximate surface area is 111 Å². The normalized spacial score (nSPS) is 31.8. The Morgan fingerprint density at radius 2 is 2.22 bits per heavy atom. The molecule has 2 heterocycles. The third-order valence-electron chi connectivity index (χ3n) is 3.84. The van der Waals surface area contributed by atoms with Crippen molar-refractivity contribution in [2.45, 2.75) is 38.1 Å². The maximum absolute atomic E-state index is 12.0. The standard InChI is InChI=1S/C13H18N2O2S/c1-8-3-4-11(18-8)13-14-7-12(16)15(13)9-5-10(6-9)17-2/h3-4,9-10,13-14H,5-7H2,1-2H3. The van der Waals surface area contributed by atoms with Gasteiger partial charge >= 0.3 is 0 Å². The van der Waals surface area contributed by atoms with Gasteiger partial charge in [0.25, 0.3) is 0 Å². The Morgan fingerprint density at radius 3 is 2.83 bits per heavy atom. The summed E-state index contributed by atoms with van der Waals surface area (Å²) >= 11 is 1.76. The molecule has 1 aliphatic heterocycles. The lowest BCUT2D eigenvalue weighted by atomic mass is 9.87. The Morgan fingerprint density at radius 1 is 1.44 bits per heavy atom. The zero-order valence-electron chi connectivity index (χ0n) is 10.7. The molecule has 1 aliphatic carbocycles. The van der Waals surface area contributed by atoms with E-state index < -0.39 is 0 Å². The predicted molar refractivity (Wildman–Crippen MR) is 70.5 cm³/mol. The molecule has 3 rings (SSSR count). The maximum atomic E-state index is 12.0. The monoisotopic (exact) mass is 266 g/mol. The third kappa shape index (κ3) is 1.96. The van der Waals surface area contributed by atoms with Crippen molar-refractivity contribution in [3.05, 3.63) is 21.9 Å². The van der Waals surface area contributed by atoms with Gasteiger partial charge < -0.3 is 9.64 Å². The molecular weight excluding hydrogens is 248 g/mol. The van der Waals surface area contributed by atoms with Crippen LogP contribution >= 0.6 is 11.3 Å².